The molecule has 0 saturated heterocycles. The molecule has 0 fully saturated rings. The Morgan fingerprint density at radius 1 is 1.38 bits per heavy atom. The zero-order valence-corrected chi connectivity index (χ0v) is 21.6. The monoisotopic (exact) mass is 879 g/mol. The van der Waals surface area contributed by atoms with Gasteiger partial charge in [-0.2, -0.15) is 6.08 Å². The summed E-state index contributed by atoms with van der Waals surface area (Å²) in [5.74, 6) is 0. The van der Waals surface area contributed by atoms with Crippen molar-refractivity contribution < 1.29 is 51.0 Å². The molecule has 0 aromatic heterocycles. The van der Waals surface area contributed by atoms with Gasteiger partial charge in [0.15, 0.2) is 0 Å². The van der Waals surface area contributed by atoms with Crippen LogP contribution in [0.15, 0.2) is 22.0 Å². The van der Waals surface area contributed by atoms with Crippen molar-refractivity contribution in [1.29, 1.82) is 0 Å². The molecule has 0 spiro atoms. The maximum atomic E-state index is 4.78. The molecule has 1 aliphatic rings. The van der Waals surface area contributed by atoms with E-state index < -0.39 is 0 Å². The van der Waals surface area contributed by atoms with E-state index in [1.807, 2.05) is 12.2 Å². The molecule has 0 aromatic rings. The van der Waals surface area contributed by atoms with E-state index in [4.69, 9.17) is 6.58 Å². The SMILES string of the molecule is [Bi]=[Bi].[C-]1=CC=CC1.[CH-]=[CH][BiH].[Cl-].[Cl-].[Zr+4]. The van der Waals surface area contributed by atoms with Gasteiger partial charge in [-0.3, -0.25) is 6.08 Å². The first-order chi connectivity index (χ1) is 4.91. The first-order valence-electron chi connectivity index (χ1n) is 2.54. The minimum atomic E-state index is 0. The Morgan fingerprint density at radius 2 is 1.77 bits per heavy atom. The fourth-order valence-electron chi connectivity index (χ4n) is 0.340. The molecule has 1 rings (SSSR count). The Hall–Kier alpha value is 3.33. The third kappa shape index (κ3) is 39.3. The van der Waals surface area contributed by atoms with Crippen LogP contribution < -0.4 is 24.8 Å². The zero-order chi connectivity index (χ0) is 8.24. The maximum absolute atomic E-state index is 4.78. The third-order valence-electron chi connectivity index (χ3n) is 0.586. The summed E-state index contributed by atoms with van der Waals surface area (Å²) in [6.45, 7) is 4.78. The van der Waals surface area contributed by atoms with Crippen molar-refractivity contribution in [3.05, 3.63) is 34.7 Å². The summed E-state index contributed by atoms with van der Waals surface area (Å²) in [4.78, 5) is 0. The second-order valence-electron chi connectivity index (χ2n) is 1.17. The van der Waals surface area contributed by atoms with Crippen molar-refractivity contribution in [3.8, 4) is 0 Å². The standard InChI is InChI=1S/C5H5.C2H2.3Bi.2ClH.Zr.H/c1-2-4-5-3-1;1-2;;;;;;;/h1-3H,4H2;1-2H;;;;2*1H;;/q2*-1;;;;;;+4;/p-2. The van der Waals surface area contributed by atoms with Crippen LogP contribution in [-0.4, -0.2) is 63.2 Å². The van der Waals surface area contributed by atoms with Crippen LogP contribution in [0.1, 0.15) is 6.42 Å². The fourth-order valence-corrected chi connectivity index (χ4v) is 0.340. The van der Waals surface area contributed by atoms with Crippen molar-refractivity contribution >= 4 is 63.2 Å². The van der Waals surface area contributed by atoms with Gasteiger partial charge in [0.05, 0.1) is 0 Å². The van der Waals surface area contributed by atoms with E-state index >= 15 is 0 Å². The fraction of sp³-hybridized carbons (Fsp3) is 0.143. The molecule has 0 saturated carbocycles. The summed E-state index contributed by atoms with van der Waals surface area (Å²) in [6, 6.07) is 0. The summed E-state index contributed by atoms with van der Waals surface area (Å²) in [7, 11) is 0. The van der Waals surface area contributed by atoms with Crippen LogP contribution in [-0.2, 0) is 26.2 Å². The van der Waals surface area contributed by atoms with E-state index in [0.717, 1.165) is 31.1 Å². The summed E-state index contributed by atoms with van der Waals surface area (Å²) in [6.07, 6.45) is 10.0. The van der Waals surface area contributed by atoms with Gasteiger partial charge in [0.1, 0.15) is 0 Å². The Kier molecular flexibility index (Phi) is 83.2. The number of halogens is 2. The van der Waals surface area contributed by atoms with E-state index in [1.165, 1.54) is 0 Å². The van der Waals surface area contributed by atoms with Crippen LogP contribution in [0.4, 0.5) is 0 Å². The number of rotatable bonds is 0. The van der Waals surface area contributed by atoms with E-state index in [0.29, 0.717) is 0 Å². The molecule has 0 amide bonds. The maximum Gasteiger partial charge on any atom is 4.00 e. The van der Waals surface area contributed by atoms with Crippen LogP contribution >= 0.6 is 0 Å². The zero-order valence-electron chi connectivity index (χ0n) is 6.74. The normalized spacial score (nSPS) is 8.08. The van der Waals surface area contributed by atoms with Gasteiger partial charge in [0.2, 0.25) is 0 Å². The van der Waals surface area contributed by atoms with Gasteiger partial charge >= 0.3 is 99.8 Å². The van der Waals surface area contributed by atoms with Crippen LogP contribution in [0.25, 0.3) is 0 Å². The average Bonchev–Trinajstić information content (AvgIpc) is 2.48. The second kappa shape index (κ2) is 36.2. The molecule has 0 bridgehead atoms. The largest absolute Gasteiger partial charge is 4.00 e. The van der Waals surface area contributed by atoms with Gasteiger partial charge < -0.3 is 24.8 Å². The molecule has 0 heterocycles. The Bertz CT molecular complexity index is 119. The first kappa shape index (κ1) is 29.9. The Morgan fingerprint density at radius 3 is 1.85 bits per heavy atom. The van der Waals surface area contributed by atoms with Crippen LogP contribution in [0.5, 0.6) is 0 Å². The van der Waals surface area contributed by atoms with Crippen molar-refractivity contribution in [2.24, 2.45) is 0 Å². The number of allylic oxidation sites excluding steroid dienone is 4. The predicted molar refractivity (Wildman–Crippen MR) is 49.1 cm³/mol. The molecule has 6 heteroatoms. The van der Waals surface area contributed by atoms with Crippen molar-refractivity contribution in [2.45, 2.75) is 6.42 Å². The molecule has 0 atom stereocenters. The van der Waals surface area contributed by atoms with Gasteiger partial charge in [-0.15, -0.1) is 6.42 Å². The van der Waals surface area contributed by atoms with Crippen LogP contribution in [0.2, 0.25) is 0 Å². The third-order valence-corrected chi connectivity index (χ3v) is 0.586. The van der Waals surface area contributed by atoms with Gasteiger partial charge in [0.25, 0.3) is 0 Å². The number of hydrogen-bond donors (Lipinski definition) is 0. The van der Waals surface area contributed by atoms with Crippen molar-refractivity contribution in [3.63, 3.8) is 0 Å². The van der Waals surface area contributed by atoms with E-state index in [1.54, 1.807) is 42.3 Å². The molecule has 0 aliphatic heterocycles. The average molecular weight is 881 g/mol. The van der Waals surface area contributed by atoms with Crippen molar-refractivity contribution in [2.75, 3.05) is 0 Å². The number of hydrogen-bond acceptors (Lipinski definition) is 0. The molecular formula is C7H8Bi3Cl2Zr. The molecule has 3 radical (unpaired) electrons. The second-order valence-corrected chi connectivity index (χ2v) is 2.47. The topological polar surface area (TPSA) is 0 Å². The molecule has 0 nitrogen and oxygen atoms in total. The molecule has 0 N–H and O–H groups in total. The van der Waals surface area contributed by atoms with Gasteiger partial charge in [0, 0.05) is 0 Å². The molecule has 0 aromatic carbocycles. The summed E-state index contributed by atoms with van der Waals surface area (Å²) in [5.41, 5.74) is 0. The van der Waals surface area contributed by atoms with Crippen LogP contribution in [0, 0.1) is 12.7 Å². The van der Waals surface area contributed by atoms with E-state index in [2.05, 4.69) is 12.2 Å². The van der Waals surface area contributed by atoms with Gasteiger partial charge in [-0.05, 0) is 0 Å². The van der Waals surface area contributed by atoms with Crippen LogP contribution in [0.3, 0.4) is 0 Å². The quantitative estimate of drug-likeness (QED) is 0.169. The summed E-state index contributed by atoms with van der Waals surface area (Å²) < 4.78 is 1.64. The molecule has 13 heavy (non-hydrogen) atoms. The van der Waals surface area contributed by atoms with E-state index in [-0.39, 0.29) is 51.0 Å². The minimum absolute atomic E-state index is 0. The summed E-state index contributed by atoms with van der Waals surface area (Å²) in [5, 5.41) is 0. The summed E-state index contributed by atoms with van der Waals surface area (Å²) >= 11 is 4.13. The van der Waals surface area contributed by atoms with E-state index in [9.17, 15) is 0 Å². The predicted octanol–water partition coefficient (Wildman–Crippen LogP) is -5.62. The molecular weight excluding hydrogens is 873 g/mol. The molecule has 1 aliphatic carbocycles. The Labute approximate surface area is 152 Å². The molecule has 69 valence electrons. The minimum Gasteiger partial charge on any atom is -1.00 e. The molecule has 0 unspecified atom stereocenters. The van der Waals surface area contributed by atoms with Gasteiger partial charge in [-0.25, -0.2) is 12.2 Å². The first-order valence-corrected chi connectivity index (χ1v) is 20.0. The van der Waals surface area contributed by atoms with Gasteiger partial charge in [-0.1, -0.05) is 0 Å². The van der Waals surface area contributed by atoms with Crippen molar-refractivity contribution in [1.82, 2.24) is 0 Å². The Balaban J connectivity index is -0.0000000244. The smallest absolute Gasteiger partial charge is 1.00 e.